The number of carbonyl (C=O) groups is 2. The summed E-state index contributed by atoms with van der Waals surface area (Å²) in [5.41, 5.74) is 0. The van der Waals surface area contributed by atoms with E-state index in [-0.39, 0.29) is 13.2 Å². The van der Waals surface area contributed by atoms with E-state index in [4.69, 9.17) is 14.9 Å². The molecule has 1 aromatic carbocycles. The maximum absolute atomic E-state index is 11.3. The molecule has 1 aromatic rings. The van der Waals surface area contributed by atoms with Gasteiger partial charge in [-0.15, -0.1) is 0 Å². The zero-order valence-electron chi connectivity index (χ0n) is 9.30. The minimum absolute atomic E-state index is 0.242. The third-order valence-corrected chi connectivity index (χ3v) is 2.49. The van der Waals surface area contributed by atoms with Crippen LogP contribution < -0.4 is 10.1 Å². The minimum Gasteiger partial charge on any atom is -0.484 e. The van der Waals surface area contributed by atoms with Gasteiger partial charge in [0, 0.05) is 4.47 Å². The number of carbonyl (C=O) groups excluding carboxylic acids is 1. The van der Waals surface area contributed by atoms with Gasteiger partial charge in [-0.25, -0.2) is 4.79 Å². The van der Waals surface area contributed by atoms with Gasteiger partial charge < -0.3 is 20.3 Å². The standard InChI is InChI=1S/C11H12BrNO5/c12-7-1-3-8(4-2-7)18-6-10(15)13-5-9(14)11(16)17/h1-4,9,14H,5-6H2,(H,13,15)(H,16,17). The fraction of sp³-hybridized carbons (Fsp3) is 0.273. The Morgan fingerprint density at radius 1 is 1.33 bits per heavy atom. The lowest BCUT2D eigenvalue weighted by Gasteiger charge is -2.09. The first-order chi connectivity index (χ1) is 8.49. The summed E-state index contributed by atoms with van der Waals surface area (Å²) in [5.74, 6) is -1.37. The summed E-state index contributed by atoms with van der Waals surface area (Å²) in [6.07, 6.45) is -1.61. The van der Waals surface area contributed by atoms with Crippen LogP contribution in [-0.4, -0.2) is 41.3 Å². The predicted molar refractivity (Wildman–Crippen MR) is 66.3 cm³/mol. The molecular weight excluding hydrogens is 306 g/mol. The number of amides is 1. The molecule has 0 saturated carbocycles. The van der Waals surface area contributed by atoms with Crippen molar-refractivity contribution in [2.24, 2.45) is 0 Å². The Kier molecular flexibility index (Phi) is 5.60. The van der Waals surface area contributed by atoms with Gasteiger partial charge in [0.25, 0.3) is 5.91 Å². The Morgan fingerprint density at radius 2 is 1.94 bits per heavy atom. The van der Waals surface area contributed by atoms with Crippen molar-refractivity contribution in [1.82, 2.24) is 5.32 Å². The van der Waals surface area contributed by atoms with E-state index in [1.807, 2.05) is 0 Å². The van der Waals surface area contributed by atoms with Crippen molar-refractivity contribution in [3.63, 3.8) is 0 Å². The van der Waals surface area contributed by atoms with Crippen molar-refractivity contribution in [2.45, 2.75) is 6.10 Å². The first-order valence-electron chi connectivity index (χ1n) is 5.05. The van der Waals surface area contributed by atoms with E-state index >= 15 is 0 Å². The second-order valence-corrected chi connectivity index (χ2v) is 4.32. The molecule has 1 atom stereocenters. The average Bonchev–Trinajstić information content (AvgIpc) is 2.35. The number of aliphatic carboxylic acids is 1. The molecule has 0 spiro atoms. The van der Waals surface area contributed by atoms with E-state index in [0.29, 0.717) is 5.75 Å². The Balaban J connectivity index is 2.29. The third-order valence-electron chi connectivity index (χ3n) is 1.96. The van der Waals surface area contributed by atoms with E-state index in [0.717, 1.165) is 4.47 Å². The molecule has 0 bridgehead atoms. The number of aliphatic hydroxyl groups excluding tert-OH is 1. The SMILES string of the molecule is O=C(COc1ccc(Br)cc1)NCC(O)C(=O)O. The van der Waals surface area contributed by atoms with E-state index in [2.05, 4.69) is 21.2 Å². The average molecular weight is 318 g/mol. The summed E-state index contributed by atoms with van der Waals surface area (Å²) in [5, 5.41) is 19.6. The van der Waals surface area contributed by atoms with Crippen LogP contribution in [0.1, 0.15) is 0 Å². The molecule has 18 heavy (non-hydrogen) atoms. The molecule has 0 aliphatic heterocycles. The lowest BCUT2D eigenvalue weighted by Crippen LogP contribution is -2.38. The maximum atomic E-state index is 11.3. The van der Waals surface area contributed by atoms with Crippen LogP contribution in [-0.2, 0) is 9.59 Å². The molecule has 1 unspecified atom stereocenters. The number of hydrogen-bond donors (Lipinski definition) is 3. The summed E-state index contributed by atoms with van der Waals surface area (Å²) < 4.78 is 6.05. The summed E-state index contributed by atoms with van der Waals surface area (Å²) in [4.78, 5) is 21.5. The topological polar surface area (TPSA) is 95.9 Å². The second-order valence-electron chi connectivity index (χ2n) is 3.40. The van der Waals surface area contributed by atoms with E-state index in [1.54, 1.807) is 24.3 Å². The van der Waals surface area contributed by atoms with Gasteiger partial charge in [-0.3, -0.25) is 4.79 Å². The molecule has 0 aliphatic carbocycles. The summed E-state index contributed by atoms with van der Waals surface area (Å²) in [6, 6.07) is 6.90. The molecule has 7 heteroatoms. The molecule has 1 rings (SSSR count). The molecule has 0 radical (unpaired) electrons. The highest BCUT2D eigenvalue weighted by atomic mass is 79.9. The van der Waals surface area contributed by atoms with E-state index < -0.39 is 18.0 Å². The monoisotopic (exact) mass is 317 g/mol. The molecule has 0 aliphatic rings. The van der Waals surface area contributed by atoms with E-state index in [9.17, 15) is 9.59 Å². The van der Waals surface area contributed by atoms with Crippen LogP contribution in [0.25, 0.3) is 0 Å². The molecule has 0 aromatic heterocycles. The maximum Gasteiger partial charge on any atom is 0.334 e. The number of hydrogen-bond acceptors (Lipinski definition) is 4. The largest absolute Gasteiger partial charge is 0.484 e. The molecule has 0 saturated heterocycles. The second kappa shape index (κ2) is 6.97. The van der Waals surface area contributed by atoms with Crippen molar-refractivity contribution in [3.05, 3.63) is 28.7 Å². The Hall–Kier alpha value is -1.60. The predicted octanol–water partition coefficient (Wildman–Crippen LogP) is 0.390. The van der Waals surface area contributed by atoms with Gasteiger partial charge >= 0.3 is 5.97 Å². The smallest absolute Gasteiger partial charge is 0.334 e. The molecule has 0 fully saturated rings. The Labute approximate surface area is 112 Å². The molecule has 98 valence electrons. The highest BCUT2D eigenvalue weighted by Crippen LogP contribution is 2.15. The Bertz CT molecular complexity index is 420. The first kappa shape index (κ1) is 14.5. The van der Waals surface area contributed by atoms with Crippen molar-refractivity contribution in [2.75, 3.05) is 13.2 Å². The summed E-state index contributed by atoms with van der Waals surface area (Å²) in [6.45, 7) is -0.591. The van der Waals surface area contributed by atoms with Crippen LogP contribution in [0.3, 0.4) is 0 Å². The highest BCUT2D eigenvalue weighted by Gasteiger charge is 2.14. The van der Waals surface area contributed by atoms with Gasteiger partial charge in [0.05, 0.1) is 6.54 Å². The van der Waals surface area contributed by atoms with Crippen LogP contribution in [0.4, 0.5) is 0 Å². The van der Waals surface area contributed by atoms with Crippen molar-refractivity contribution in [1.29, 1.82) is 0 Å². The lowest BCUT2D eigenvalue weighted by molar-refractivity contribution is -0.146. The van der Waals surface area contributed by atoms with Crippen molar-refractivity contribution in [3.8, 4) is 5.75 Å². The zero-order chi connectivity index (χ0) is 13.5. The summed E-state index contributed by atoms with van der Waals surface area (Å²) >= 11 is 3.26. The van der Waals surface area contributed by atoms with Gasteiger partial charge in [0.1, 0.15) is 5.75 Å². The fourth-order valence-corrected chi connectivity index (χ4v) is 1.29. The van der Waals surface area contributed by atoms with Crippen LogP contribution in [0, 0.1) is 0 Å². The quantitative estimate of drug-likeness (QED) is 0.705. The molecular formula is C11H12BrNO5. The number of benzene rings is 1. The molecule has 0 heterocycles. The van der Waals surface area contributed by atoms with Gasteiger partial charge in [-0.05, 0) is 24.3 Å². The van der Waals surface area contributed by atoms with Crippen LogP contribution in [0.5, 0.6) is 5.75 Å². The number of ether oxygens (including phenoxy) is 1. The Morgan fingerprint density at radius 3 is 2.50 bits per heavy atom. The van der Waals surface area contributed by atoms with Gasteiger partial charge in [-0.1, -0.05) is 15.9 Å². The molecule has 1 amide bonds. The van der Waals surface area contributed by atoms with Crippen molar-refractivity contribution >= 4 is 27.8 Å². The van der Waals surface area contributed by atoms with Crippen LogP contribution in [0.15, 0.2) is 28.7 Å². The van der Waals surface area contributed by atoms with E-state index in [1.165, 1.54) is 0 Å². The van der Waals surface area contributed by atoms with Gasteiger partial charge in [0.15, 0.2) is 12.7 Å². The molecule has 6 nitrogen and oxygen atoms in total. The molecule has 3 N–H and O–H groups in total. The minimum atomic E-state index is -1.61. The van der Waals surface area contributed by atoms with Crippen LogP contribution in [0.2, 0.25) is 0 Å². The zero-order valence-corrected chi connectivity index (χ0v) is 10.9. The normalized spacial score (nSPS) is 11.7. The fourth-order valence-electron chi connectivity index (χ4n) is 1.03. The van der Waals surface area contributed by atoms with Gasteiger partial charge in [-0.2, -0.15) is 0 Å². The number of nitrogens with one attached hydrogen (secondary N) is 1. The number of carboxylic acid groups (broad SMARTS) is 1. The highest BCUT2D eigenvalue weighted by molar-refractivity contribution is 9.10. The van der Waals surface area contributed by atoms with Crippen molar-refractivity contribution < 1.29 is 24.5 Å². The van der Waals surface area contributed by atoms with Crippen LogP contribution >= 0.6 is 15.9 Å². The summed E-state index contributed by atoms with van der Waals surface area (Å²) in [7, 11) is 0. The number of carboxylic acids is 1. The van der Waals surface area contributed by atoms with Gasteiger partial charge in [0.2, 0.25) is 0 Å². The number of rotatable bonds is 6. The number of aliphatic hydroxyl groups is 1. The lowest BCUT2D eigenvalue weighted by atomic mass is 10.3. The first-order valence-corrected chi connectivity index (χ1v) is 5.84. The number of halogens is 1. The third kappa shape index (κ3) is 5.15.